The van der Waals surface area contributed by atoms with Gasteiger partial charge >= 0.3 is 0 Å². The molecule has 0 saturated carbocycles. The van der Waals surface area contributed by atoms with Crippen molar-refractivity contribution in [3.63, 3.8) is 0 Å². The van der Waals surface area contributed by atoms with Crippen molar-refractivity contribution in [1.29, 1.82) is 0 Å². The van der Waals surface area contributed by atoms with Crippen molar-refractivity contribution >= 4 is 21.8 Å². The Kier molecular flexibility index (Phi) is 6.88. The van der Waals surface area contributed by atoms with Gasteiger partial charge in [0.05, 0.1) is 0 Å². The fraction of sp³-hybridized carbons (Fsp3) is 0.208. The van der Waals surface area contributed by atoms with Crippen LogP contribution in [0.1, 0.15) is 36.0 Å². The van der Waals surface area contributed by atoms with E-state index in [-0.39, 0.29) is 30.0 Å². The zero-order valence-corrected chi connectivity index (χ0v) is 17.4. The summed E-state index contributed by atoms with van der Waals surface area (Å²) < 4.78 is 0.874. The van der Waals surface area contributed by atoms with Crippen molar-refractivity contribution in [2.24, 2.45) is 0 Å². The Morgan fingerprint density at radius 1 is 1.00 bits per heavy atom. The van der Waals surface area contributed by atoms with E-state index in [0.717, 1.165) is 22.0 Å². The molecule has 0 aromatic heterocycles. The number of hydrogen-bond donors (Lipinski definition) is 2. The summed E-state index contributed by atoms with van der Waals surface area (Å²) in [7, 11) is 0. The summed E-state index contributed by atoms with van der Waals surface area (Å²) in [6.45, 7) is 2.01. The van der Waals surface area contributed by atoms with E-state index >= 15 is 0 Å². The van der Waals surface area contributed by atoms with Crippen LogP contribution >= 0.6 is 15.9 Å². The van der Waals surface area contributed by atoms with Crippen LogP contribution in [0.5, 0.6) is 5.75 Å². The fourth-order valence-electron chi connectivity index (χ4n) is 3.44. The number of aromatic hydroxyl groups is 1. The monoisotopic (exact) mass is 437 g/mol. The minimum Gasteiger partial charge on any atom is -0.508 e. The first-order valence-electron chi connectivity index (χ1n) is 9.39. The molecule has 0 aliphatic heterocycles. The van der Waals surface area contributed by atoms with Gasteiger partial charge < -0.3 is 10.4 Å². The highest BCUT2D eigenvalue weighted by Crippen LogP contribution is 2.35. The maximum Gasteiger partial charge on any atom is 0.221 e. The Hall–Kier alpha value is -2.59. The molecule has 3 aromatic rings. The number of phenols is 1. The Morgan fingerprint density at radius 2 is 1.64 bits per heavy atom. The molecule has 3 aromatic carbocycles. The van der Waals surface area contributed by atoms with Crippen LogP contribution in [0.2, 0.25) is 0 Å². The van der Waals surface area contributed by atoms with Crippen molar-refractivity contribution in [2.45, 2.75) is 31.7 Å². The summed E-state index contributed by atoms with van der Waals surface area (Å²) in [5.41, 5.74) is 2.94. The molecular formula is C24H24BrNO2. The molecule has 1 amide bonds. The van der Waals surface area contributed by atoms with Crippen LogP contribution in [0.15, 0.2) is 83.3 Å². The first-order valence-corrected chi connectivity index (χ1v) is 10.2. The molecule has 4 heteroatoms. The van der Waals surface area contributed by atoms with E-state index < -0.39 is 0 Å². The largest absolute Gasteiger partial charge is 0.508 e. The number of benzene rings is 3. The maximum atomic E-state index is 12.8. The molecule has 0 bridgehead atoms. The molecular weight excluding hydrogens is 414 g/mol. The topological polar surface area (TPSA) is 49.3 Å². The van der Waals surface area contributed by atoms with Gasteiger partial charge in [-0.05, 0) is 42.7 Å². The highest BCUT2D eigenvalue weighted by atomic mass is 79.9. The van der Waals surface area contributed by atoms with Crippen LogP contribution in [0.3, 0.4) is 0 Å². The van der Waals surface area contributed by atoms with E-state index in [1.165, 1.54) is 5.56 Å². The number of hydrogen-bond acceptors (Lipinski definition) is 2. The second-order valence-corrected chi connectivity index (χ2v) is 7.94. The Balaban J connectivity index is 1.76. The van der Waals surface area contributed by atoms with Gasteiger partial charge in [-0.1, -0.05) is 76.6 Å². The molecule has 0 aliphatic carbocycles. The molecule has 0 spiro atoms. The summed E-state index contributed by atoms with van der Waals surface area (Å²) >= 11 is 3.47. The standard InChI is InChI=1S/C24H24BrNO2/c1-17(14-18-8-4-2-5-9-18)26-24(28)16-21(19-10-6-3-7-11-19)22-15-20(25)12-13-23(22)27/h2-13,15,17,21,27H,14,16H2,1H3,(H,26,28)/t17-,21+/m1/s1. The molecule has 0 radical (unpaired) electrons. The molecule has 144 valence electrons. The van der Waals surface area contributed by atoms with Gasteiger partial charge in [0.1, 0.15) is 5.75 Å². The molecule has 0 fully saturated rings. The van der Waals surface area contributed by atoms with Crippen LogP contribution in [0.25, 0.3) is 0 Å². The van der Waals surface area contributed by atoms with E-state index in [1.807, 2.05) is 61.5 Å². The highest BCUT2D eigenvalue weighted by molar-refractivity contribution is 9.10. The lowest BCUT2D eigenvalue weighted by molar-refractivity contribution is -0.121. The van der Waals surface area contributed by atoms with Gasteiger partial charge in [-0.2, -0.15) is 0 Å². The smallest absolute Gasteiger partial charge is 0.221 e. The zero-order valence-electron chi connectivity index (χ0n) is 15.8. The number of nitrogens with one attached hydrogen (secondary N) is 1. The van der Waals surface area contributed by atoms with Gasteiger partial charge in [0.25, 0.3) is 0 Å². The molecule has 0 aliphatic rings. The van der Waals surface area contributed by atoms with Gasteiger partial charge in [-0.15, -0.1) is 0 Å². The minimum absolute atomic E-state index is 0.0300. The lowest BCUT2D eigenvalue weighted by Crippen LogP contribution is -2.35. The third-order valence-electron chi connectivity index (χ3n) is 4.75. The first-order chi connectivity index (χ1) is 13.5. The summed E-state index contributed by atoms with van der Waals surface area (Å²) in [6.07, 6.45) is 1.05. The predicted molar refractivity (Wildman–Crippen MR) is 116 cm³/mol. The zero-order chi connectivity index (χ0) is 19.9. The van der Waals surface area contributed by atoms with Crippen molar-refractivity contribution in [3.8, 4) is 5.75 Å². The van der Waals surface area contributed by atoms with E-state index in [1.54, 1.807) is 12.1 Å². The Labute approximate surface area is 174 Å². The Bertz CT molecular complexity index is 912. The van der Waals surface area contributed by atoms with Crippen molar-refractivity contribution < 1.29 is 9.90 Å². The molecule has 2 atom stereocenters. The van der Waals surface area contributed by atoms with Gasteiger partial charge in [0, 0.05) is 28.4 Å². The third kappa shape index (κ3) is 5.46. The lowest BCUT2D eigenvalue weighted by Gasteiger charge is -2.21. The number of phenolic OH excluding ortho intramolecular Hbond substituents is 1. The van der Waals surface area contributed by atoms with Gasteiger partial charge in [-0.3, -0.25) is 4.79 Å². The van der Waals surface area contributed by atoms with Gasteiger partial charge in [-0.25, -0.2) is 0 Å². The molecule has 0 unspecified atom stereocenters. The van der Waals surface area contributed by atoms with Crippen LogP contribution in [0, 0.1) is 0 Å². The normalized spacial score (nSPS) is 12.9. The summed E-state index contributed by atoms with van der Waals surface area (Å²) in [5, 5.41) is 13.5. The average molecular weight is 438 g/mol. The molecule has 0 saturated heterocycles. The molecule has 2 N–H and O–H groups in total. The third-order valence-corrected chi connectivity index (χ3v) is 5.24. The van der Waals surface area contributed by atoms with Crippen molar-refractivity contribution in [2.75, 3.05) is 0 Å². The molecule has 28 heavy (non-hydrogen) atoms. The molecule has 3 nitrogen and oxygen atoms in total. The van der Waals surface area contributed by atoms with Crippen molar-refractivity contribution in [3.05, 3.63) is 100 Å². The minimum atomic E-state index is -0.220. The second kappa shape index (κ2) is 9.56. The van der Waals surface area contributed by atoms with Crippen LogP contribution in [0.4, 0.5) is 0 Å². The highest BCUT2D eigenvalue weighted by Gasteiger charge is 2.22. The summed E-state index contributed by atoms with van der Waals surface area (Å²) in [4.78, 5) is 12.8. The number of rotatable bonds is 7. The fourth-order valence-corrected chi connectivity index (χ4v) is 3.81. The van der Waals surface area contributed by atoms with Crippen LogP contribution in [-0.2, 0) is 11.2 Å². The van der Waals surface area contributed by atoms with Gasteiger partial charge in [0.15, 0.2) is 0 Å². The van der Waals surface area contributed by atoms with Crippen molar-refractivity contribution in [1.82, 2.24) is 5.32 Å². The van der Waals surface area contributed by atoms with E-state index in [9.17, 15) is 9.90 Å². The van der Waals surface area contributed by atoms with Crippen LogP contribution < -0.4 is 5.32 Å². The Morgan fingerprint density at radius 3 is 2.32 bits per heavy atom. The lowest BCUT2D eigenvalue weighted by atomic mass is 9.87. The average Bonchev–Trinajstić information content (AvgIpc) is 2.69. The van der Waals surface area contributed by atoms with Crippen LogP contribution in [-0.4, -0.2) is 17.1 Å². The quantitative estimate of drug-likeness (QED) is 0.517. The predicted octanol–water partition coefficient (Wildman–Crippen LogP) is 5.42. The number of amides is 1. The van der Waals surface area contributed by atoms with E-state index in [0.29, 0.717) is 0 Å². The SMILES string of the molecule is C[C@H](Cc1ccccc1)NC(=O)C[C@@H](c1ccccc1)c1cc(Br)ccc1O. The first kappa shape index (κ1) is 20.2. The molecule has 0 heterocycles. The maximum absolute atomic E-state index is 12.8. The summed E-state index contributed by atoms with van der Waals surface area (Å²) in [5.74, 6) is -0.0542. The van der Waals surface area contributed by atoms with Gasteiger partial charge in [0.2, 0.25) is 5.91 Å². The number of halogens is 1. The van der Waals surface area contributed by atoms with E-state index in [2.05, 4.69) is 33.4 Å². The summed E-state index contributed by atoms with van der Waals surface area (Å²) in [6, 6.07) is 25.3. The molecule has 3 rings (SSSR count). The number of carbonyl (C=O) groups excluding carboxylic acids is 1. The second-order valence-electron chi connectivity index (χ2n) is 7.03. The number of carbonyl (C=O) groups is 1. The van der Waals surface area contributed by atoms with E-state index in [4.69, 9.17) is 0 Å².